The highest BCUT2D eigenvalue weighted by molar-refractivity contribution is 7.80. The van der Waals surface area contributed by atoms with Crippen molar-refractivity contribution in [3.8, 4) is 5.75 Å². The first-order valence-electron chi connectivity index (χ1n) is 10.5. The molecule has 0 unspecified atom stereocenters. The quantitative estimate of drug-likeness (QED) is 0.283. The predicted octanol–water partition coefficient (Wildman–Crippen LogP) is 3.95. The SMILES string of the molecule is CCOc1ccc(/C=C/C(=O)NC(=S)NNC(=O)C(c2ccccc2)c2ccccc2)cc1. The minimum Gasteiger partial charge on any atom is -0.494 e. The van der Waals surface area contributed by atoms with E-state index >= 15 is 0 Å². The van der Waals surface area contributed by atoms with Crippen molar-refractivity contribution in [1.29, 1.82) is 0 Å². The summed E-state index contributed by atoms with van der Waals surface area (Å²) >= 11 is 5.14. The van der Waals surface area contributed by atoms with Crippen molar-refractivity contribution in [3.63, 3.8) is 0 Å². The molecule has 3 aromatic rings. The molecule has 0 aliphatic heterocycles. The summed E-state index contributed by atoms with van der Waals surface area (Å²) in [6, 6.07) is 26.2. The summed E-state index contributed by atoms with van der Waals surface area (Å²) in [6.45, 7) is 2.51. The van der Waals surface area contributed by atoms with Gasteiger partial charge in [-0.15, -0.1) is 0 Å². The highest BCUT2D eigenvalue weighted by Gasteiger charge is 2.22. The van der Waals surface area contributed by atoms with E-state index in [0.717, 1.165) is 22.4 Å². The molecule has 0 saturated carbocycles. The van der Waals surface area contributed by atoms with E-state index in [1.54, 1.807) is 6.08 Å². The molecule has 3 aromatic carbocycles. The molecule has 0 aliphatic rings. The molecule has 0 saturated heterocycles. The summed E-state index contributed by atoms with van der Waals surface area (Å²) in [5, 5.41) is 2.50. The minimum absolute atomic E-state index is 0.00966. The zero-order chi connectivity index (χ0) is 23.5. The zero-order valence-electron chi connectivity index (χ0n) is 18.2. The maximum absolute atomic E-state index is 12.9. The summed E-state index contributed by atoms with van der Waals surface area (Å²) in [6.07, 6.45) is 3.02. The van der Waals surface area contributed by atoms with E-state index in [1.807, 2.05) is 91.9 Å². The van der Waals surface area contributed by atoms with Crippen LogP contribution in [0.2, 0.25) is 0 Å². The Balaban J connectivity index is 1.55. The molecule has 0 aromatic heterocycles. The van der Waals surface area contributed by atoms with Crippen LogP contribution in [0.25, 0.3) is 6.08 Å². The van der Waals surface area contributed by atoms with Gasteiger partial charge < -0.3 is 4.74 Å². The van der Waals surface area contributed by atoms with Crippen molar-refractivity contribution >= 4 is 35.2 Å². The highest BCUT2D eigenvalue weighted by atomic mass is 32.1. The van der Waals surface area contributed by atoms with Gasteiger partial charge >= 0.3 is 0 Å². The Morgan fingerprint density at radius 3 is 2.00 bits per heavy atom. The largest absolute Gasteiger partial charge is 0.494 e. The van der Waals surface area contributed by atoms with E-state index in [-0.39, 0.29) is 11.0 Å². The Morgan fingerprint density at radius 1 is 0.879 bits per heavy atom. The maximum Gasteiger partial charge on any atom is 0.250 e. The monoisotopic (exact) mass is 459 g/mol. The third kappa shape index (κ3) is 7.29. The molecule has 0 bridgehead atoms. The van der Waals surface area contributed by atoms with Crippen LogP contribution < -0.4 is 20.9 Å². The first-order valence-corrected chi connectivity index (χ1v) is 10.9. The molecule has 7 heteroatoms. The second-order valence-corrected chi connectivity index (χ2v) is 7.43. The Labute approximate surface area is 198 Å². The van der Waals surface area contributed by atoms with Gasteiger partial charge in [0.1, 0.15) is 5.75 Å². The van der Waals surface area contributed by atoms with Crippen molar-refractivity contribution in [2.24, 2.45) is 0 Å². The van der Waals surface area contributed by atoms with E-state index in [2.05, 4.69) is 16.2 Å². The molecule has 0 heterocycles. The molecule has 6 nitrogen and oxygen atoms in total. The Morgan fingerprint density at radius 2 is 1.45 bits per heavy atom. The van der Waals surface area contributed by atoms with Crippen molar-refractivity contribution < 1.29 is 14.3 Å². The number of hydrogen-bond donors (Lipinski definition) is 3. The molecule has 33 heavy (non-hydrogen) atoms. The fraction of sp³-hybridized carbons (Fsp3) is 0.115. The molecule has 2 amide bonds. The summed E-state index contributed by atoms with van der Waals surface area (Å²) in [7, 11) is 0. The molecule has 0 radical (unpaired) electrons. The van der Waals surface area contributed by atoms with Crippen molar-refractivity contribution in [2.45, 2.75) is 12.8 Å². The number of amides is 2. The van der Waals surface area contributed by atoms with Crippen LogP contribution in [0, 0.1) is 0 Å². The summed E-state index contributed by atoms with van der Waals surface area (Å²) in [5.41, 5.74) is 7.73. The number of benzene rings is 3. The average Bonchev–Trinajstić information content (AvgIpc) is 2.84. The lowest BCUT2D eigenvalue weighted by Crippen LogP contribution is -2.49. The summed E-state index contributed by atoms with van der Waals surface area (Å²) in [4.78, 5) is 25.1. The standard InChI is InChI=1S/C26H25N3O3S/c1-2-32-22-16-13-19(14-17-22)15-18-23(30)27-26(33)29-28-25(31)24(20-9-5-3-6-10-20)21-11-7-4-8-12-21/h3-18,24H,2H2,1H3,(H,28,31)(H2,27,29,30,33)/b18-15+. The molecular weight excluding hydrogens is 434 g/mol. The molecule has 0 aliphatic carbocycles. The third-order valence-corrected chi connectivity index (χ3v) is 4.89. The van der Waals surface area contributed by atoms with Gasteiger partial charge in [-0.1, -0.05) is 72.8 Å². The van der Waals surface area contributed by atoms with Crippen LogP contribution in [0.3, 0.4) is 0 Å². The van der Waals surface area contributed by atoms with E-state index in [4.69, 9.17) is 17.0 Å². The van der Waals surface area contributed by atoms with Gasteiger partial charge in [-0.2, -0.15) is 0 Å². The number of thiocarbonyl (C=S) groups is 1. The van der Waals surface area contributed by atoms with Gasteiger partial charge in [0.05, 0.1) is 12.5 Å². The predicted molar refractivity (Wildman–Crippen MR) is 133 cm³/mol. The van der Waals surface area contributed by atoms with Gasteiger partial charge in [-0.05, 0) is 54.0 Å². The molecule has 3 rings (SSSR count). The topological polar surface area (TPSA) is 79.5 Å². The van der Waals surface area contributed by atoms with E-state index in [9.17, 15) is 9.59 Å². The molecule has 0 spiro atoms. The van der Waals surface area contributed by atoms with E-state index < -0.39 is 11.8 Å². The van der Waals surface area contributed by atoms with Gasteiger partial charge in [0.2, 0.25) is 11.8 Å². The van der Waals surface area contributed by atoms with Crippen LogP contribution in [-0.2, 0) is 9.59 Å². The second kappa shape index (κ2) is 12.2. The van der Waals surface area contributed by atoms with Crippen LogP contribution in [0.1, 0.15) is 29.5 Å². The first kappa shape index (κ1) is 23.7. The van der Waals surface area contributed by atoms with Crippen molar-refractivity contribution in [2.75, 3.05) is 6.61 Å². The lowest BCUT2D eigenvalue weighted by atomic mass is 9.91. The Hall–Kier alpha value is -3.97. The number of nitrogens with one attached hydrogen (secondary N) is 3. The second-order valence-electron chi connectivity index (χ2n) is 7.02. The summed E-state index contributed by atoms with van der Waals surface area (Å²) in [5.74, 6) is -0.477. The van der Waals surface area contributed by atoms with E-state index in [1.165, 1.54) is 6.08 Å². The van der Waals surface area contributed by atoms with Crippen molar-refractivity contribution in [1.82, 2.24) is 16.2 Å². The molecule has 0 fully saturated rings. The number of carbonyl (C=O) groups excluding carboxylic acids is 2. The minimum atomic E-state index is -0.530. The van der Waals surface area contributed by atoms with Gasteiger partial charge in [0.25, 0.3) is 0 Å². The molecule has 168 valence electrons. The third-order valence-electron chi connectivity index (χ3n) is 4.68. The normalized spacial score (nSPS) is 10.6. The number of carbonyl (C=O) groups is 2. The summed E-state index contributed by atoms with van der Waals surface area (Å²) < 4.78 is 5.40. The Kier molecular flexibility index (Phi) is 8.73. The lowest BCUT2D eigenvalue weighted by Gasteiger charge is -2.18. The van der Waals surface area contributed by atoms with Crippen LogP contribution in [0.4, 0.5) is 0 Å². The average molecular weight is 460 g/mol. The molecule has 0 atom stereocenters. The smallest absolute Gasteiger partial charge is 0.250 e. The van der Waals surface area contributed by atoms with Gasteiger partial charge in [-0.25, -0.2) is 0 Å². The number of rotatable bonds is 7. The van der Waals surface area contributed by atoms with Gasteiger partial charge in [-0.3, -0.25) is 25.8 Å². The fourth-order valence-electron chi connectivity index (χ4n) is 3.18. The Bertz CT molecular complexity index is 1060. The molecule has 3 N–H and O–H groups in total. The fourth-order valence-corrected chi connectivity index (χ4v) is 3.33. The molecular formula is C26H25N3O3S. The van der Waals surface area contributed by atoms with Gasteiger partial charge in [0, 0.05) is 6.08 Å². The highest BCUT2D eigenvalue weighted by Crippen LogP contribution is 2.24. The van der Waals surface area contributed by atoms with E-state index in [0.29, 0.717) is 6.61 Å². The zero-order valence-corrected chi connectivity index (χ0v) is 19.0. The number of hydrazine groups is 1. The number of hydrogen-bond acceptors (Lipinski definition) is 4. The number of ether oxygens (including phenoxy) is 1. The van der Waals surface area contributed by atoms with Gasteiger partial charge in [0.15, 0.2) is 5.11 Å². The lowest BCUT2D eigenvalue weighted by molar-refractivity contribution is -0.122. The van der Waals surface area contributed by atoms with Crippen LogP contribution >= 0.6 is 12.2 Å². The maximum atomic E-state index is 12.9. The van der Waals surface area contributed by atoms with Crippen LogP contribution in [0.15, 0.2) is 91.0 Å². The van der Waals surface area contributed by atoms with Crippen molar-refractivity contribution in [3.05, 3.63) is 108 Å². The van der Waals surface area contributed by atoms with Crippen LogP contribution in [0.5, 0.6) is 5.75 Å². The first-order chi connectivity index (χ1) is 16.1. The van der Waals surface area contributed by atoms with Crippen LogP contribution in [-0.4, -0.2) is 23.5 Å².